The third kappa shape index (κ3) is 6.16. The maximum atomic E-state index is 12.0. The lowest BCUT2D eigenvalue weighted by Crippen LogP contribution is -2.33. The summed E-state index contributed by atoms with van der Waals surface area (Å²) < 4.78 is 36.1. The standard InChI is InChI=1S/C15H21F3N2O/c1-4-20(11(2)3)9-12-5-7-13(8-6-12)14(21)19-10-15(16,17)18/h5-8,11H,4,9-10H2,1-3H3,(H,19,21). The number of nitrogens with one attached hydrogen (secondary N) is 1. The Morgan fingerprint density at radius 3 is 2.24 bits per heavy atom. The number of halogens is 3. The minimum atomic E-state index is -4.39. The van der Waals surface area contributed by atoms with E-state index in [1.807, 2.05) is 5.32 Å². The topological polar surface area (TPSA) is 32.3 Å². The van der Waals surface area contributed by atoms with E-state index in [9.17, 15) is 18.0 Å². The summed E-state index contributed by atoms with van der Waals surface area (Å²) in [6.45, 7) is 6.61. The lowest BCUT2D eigenvalue weighted by molar-refractivity contribution is -0.123. The summed E-state index contributed by atoms with van der Waals surface area (Å²) in [6.07, 6.45) is -4.39. The van der Waals surface area contributed by atoms with Gasteiger partial charge >= 0.3 is 6.18 Å². The van der Waals surface area contributed by atoms with Gasteiger partial charge in [0.25, 0.3) is 5.91 Å². The minimum absolute atomic E-state index is 0.232. The molecule has 1 amide bonds. The Kier molecular flexibility index (Phi) is 6.20. The first-order chi connectivity index (χ1) is 9.73. The smallest absolute Gasteiger partial charge is 0.343 e. The number of nitrogens with zero attached hydrogens (tertiary/aromatic N) is 1. The van der Waals surface area contributed by atoms with Crippen LogP contribution >= 0.6 is 0 Å². The van der Waals surface area contributed by atoms with E-state index in [-0.39, 0.29) is 5.56 Å². The van der Waals surface area contributed by atoms with Crippen molar-refractivity contribution in [3.8, 4) is 0 Å². The quantitative estimate of drug-likeness (QED) is 0.875. The fourth-order valence-electron chi connectivity index (χ4n) is 1.94. The molecule has 118 valence electrons. The first kappa shape index (κ1) is 17.5. The van der Waals surface area contributed by atoms with Crippen LogP contribution in [0.1, 0.15) is 36.7 Å². The Labute approximate surface area is 123 Å². The molecular formula is C15H21F3N2O. The Bertz CT molecular complexity index is 455. The highest BCUT2D eigenvalue weighted by atomic mass is 19.4. The molecule has 0 aliphatic carbocycles. The van der Waals surface area contributed by atoms with Gasteiger partial charge in [0.1, 0.15) is 6.54 Å². The van der Waals surface area contributed by atoms with Gasteiger partial charge in [-0.3, -0.25) is 9.69 Å². The molecule has 1 rings (SSSR count). The zero-order valence-corrected chi connectivity index (χ0v) is 12.5. The van der Waals surface area contributed by atoms with Gasteiger partial charge in [-0.15, -0.1) is 0 Å². The number of hydrogen-bond donors (Lipinski definition) is 1. The maximum Gasteiger partial charge on any atom is 0.405 e. The highest BCUT2D eigenvalue weighted by Crippen LogP contribution is 2.13. The molecule has 0 aromatic heterocycles. The van der Waals surface area contributed by atoms with Crippen molar-refractivity contribution in [2.45, 2.75) is 39.5 Å². The van der Waals surface area contributed by atoms with Crippen LogP contribution in [0.3, 0.4) is 0 Å². The SMILES string of the molecule is CCN(Cc1ccc(C(=O)NCC(F)(F)F)cc1)C(C)C. The number of rotatable bonds is 6. The van der Waals surface area contributed by atoms with Crippen molar-refractivity contribution in [3.63, 3.8) is 0 Å². The van der Waals surface area contributed by atoms with Crippen LogP contribution in [-0.4, -0.2) is 36.1 Å². The predicted molar refractivity (Wildman–Crippen MR) is 76.1 cm³/mol. The molecule has 0 bridgehead atoms. The molecule has 0 spiro atoms. The van der Waals surface area contributed by atoms with Gasteiger partial charge in [-0.1, -0.05) is 19.1 Å². The molecule has 0 saturated carbocycles. The number of carbonyl (C=O) groups excluding carboxylic acids is 1. The van der Waals surface area contributed by atoms with E-state index in [1.54, 1.807) is 24.3 Å². The van der Waals surface area contributed by atoms with E-state index >= 15 is 0 Å². The van der Waals surface area contributed by atoms with Crippen LogP contribution in [0, 0.1) is 0 Å². The third-order valence-electron chi connectivity index (χ3n) is 3.19. The Morgan fingerprint density at radius 2 is 1.81 bits per heavy atom. The molecule has 3 nitrogen and oxygen atoms in total. The summed E-state index contributed by atoms with van der Waals surface area (Å²) in [5.74, 6) is -0.713. The van der Waals surface area contributed by atoms with E-state index in [2.05, 4.69) is 25.7 Å². The fourth-order valence-corrected chi connectivity index (χ4v) is 1.94. The molecule has 0 aliphatic heterocycles. The van der Waals surface area contributed by atoms with Gasteiger partial charge in [-0.05, 0) is 38.1 Å². The average Bonchev–Trinajstić information content (AvgIpc) is 2.41. The molecule has 1 N–H and O–H groups in total. The summed E-state index contributed by atoms with van der Waals surface area (Å²) in [4.78, 5) is 13.8. The van der Waals surface area contributed by atoms with E-state index in [4.69, 9.17) is 0 Å². The van der Waals surface area contributed by atoms with Gasteiger partial charge in [0, 0.05) is 18.2 Å². The molecule has 0 radical (unpaired) electrons. The Morgan fingerprint density at radius 1 is 1.24 bits per heavy atom. The molecule has 0 atom stereocenters. The molecular weight excluding hydrogens is 281 g/mol. The fraction of sp³-hybridized carbons (Fsp3) is 0.533. The maximum absolute atomic E-state index is 12.0. The molecule has 1 aromatic carbocycles. The van der Waals surface area contributed by atoms with Crippen LogP contribution < -0.4 is 5.32 Å². The summed E-state index contributed by atoms with van der Waals surface area (Å²) in [5.41, 5.74) is 1.26. The monoisotopic (exact) mass is 302 g/mol. The second-order valence-corrected chi connectivity index (χ2v) is 5.15. The van der Waals surface area contributed by atoms with Gasteiger partial charge in [0.2, 0.25) is 0 Å². The van der Waals surface area contributed by atoms with Crippen molar-refractivity contribution in [3.05, 3.63) is 35.4 Å². The van der Waals surface area contributed by atoms with Gasteiger partial charge in [0.05, 0.1) is 0 Å². The van der Waals surface area contributed by atoms with Crippen molar-refractivity contribution >= 4 is 5.91 Å². The number of benzene rings is 1. The molecule has 0 aliphatic rings. The lowest BCUT2D eigenvalue weighted by Gasteiger charge is -2.24. The zero-order valence-electron chi connectivity index (χ0n) is 12.5. The normalized spacial score (nSPS) is 12.0. The minimum Gasteiger partial charge on any atom is -0.343 e. The molecule has 0 fully saturated rings. The van der Waals surface area contributed by atoms with Crippen molar-refractivity contribution in [1.82, 2.24) is 10.2 Å². The highest BCUT2D eigenvalue weighted by molar-refractivity contribution is 5.94. The summed E-state index contributed by atoms with van der Waals surface area (Å²) in [5, 5.41) is 1.85. The average molecular weight is 302 g/mol. The Hall–Kier alpha value is -1.56. The molecule has 0 heterocycles. The number of alkyl halides is 3. The molecule has 0 unspecified atom stereocenters. The second kappa shape index (κ2) is 7.45. The van der Waals surface area contributed by atoms with E-state index in [0.717, 1.165) is 18.7 Å². The first-order valence-corrected chi connectivity index (χ1v) is 6.91. The van der Waals surface area contributed by atoms with E-state index < -0.39 is 18.6 Å². The van der Waals surface area contributed by atoms with Crippen LogP contribution in [0.2, 0.25) is 0 Å². The highest BCUT2D eigenvalue weighted by Gasteiger charge is 2.27. The van der Waals surface area contributed by atoms with Gasteiger partial charge in [-0.2, -0.15) is 13.2 Å². The van der Waals surface area contributed by atoms with E-state index in [0.29, 0.717) is 6.04 Å². The van der Waals surface area contributed by atoms with Gasteiger partial charge in [0.15, 0.2) is 0 Å². The van der Waals surface area contributed by atoms with Crippen LogP contribution in [0.5, 0.6) is 0 Å². The Balaban J connectivity index is 2.63. The van der Waals surface area contributed by atoms with Crippen molar-refractivity contribution < 1.29 is 18.0 Å². The van der Waals surface area contributed by atoms with Crippen LogP contribution in [0.15, 0.2) is 24.3 Å². The summed E-state index contributed by atoms with van der Waals surface area (Å²) in [6, 6.07) is 7.05. The number of hydrogen-bond acceptors (Lipinski definition) is 2. The predicted octanol–water partition coefficient (Wildman–Crippen LogP) is 3.21. The second-order valence-electron chi connectivity index (χ2n) is 5.15. The van der Waals surface area contributed by atoms with Gasteiger partial charge in [-0.25, -0.2) is 0 Å². The van der Waals surface area contributed by atoms with Crippen LogP contribution in [0.25, 0.3) is 0 Å². The van der Waals surface area contributed by atoms with Crippen LogP contribution in [-0.2, 0) is 6.54 Å². The summed E-state index contributed by atoms with van der Waals surface area (Å²) in [7, 11) is 0. The lowest BCUT2D eigenvalue weighted by atomic mass is 10.1. The zero-order chi connectivity index (χ0) is 16.0. The largest absolute Gasteiger partial charge is 0.405 e. The van der Waals surface area contributed by atoms with Crippen molar-refractivity contribution in [2.75, 3.05) is 13.1 Å². The molecule has 0 saturated heterocycles. The molecule has 6 heteroatoms. The van der Waals surface area contributed by atoms with Crippen molar-refractivity contribution in [2.24, 2.45) is 0 Å². The van der Waals surface area contributed by atoms with Crippen molar-refractivity contribution in [1.29, 1.82) is 0 Å². The number of carbonyl (C=O) groups is 1. The molecule has 1 aromatic rings. The third-order valence-corrected chi connectivity index (χ3v) is 3.19. The summed E-state index contributed by atoms with van der Waals surface area (Å²) >= 11 is 0. The van der Waals surface area contributed by atoms with Crippen LogP contribution in [0.4, 0.5) is 13.2 Å². The first-order valence-electron chi connectivity index (χ1n) is 6.91. The van der Waals surface area contributed by atoms with E-state index in [1.165, 1.54) is 0 Å². The number of amides is 1. The van der Waals surface area contributed by atoms with Gasteiger partial charge < -0.3 is 5.32 Å². The molecule has 21 heavy (non-hydrogen) atoms.